The predicted molar refractivity (Wildman–Crippen MR) is 72.3 cm³/mol. The molecule has 0 bridgehead atoms. The van der Waals surface area contributed by atoms with Gasteiger partial charge < -0.3 is 11.1 Å². The van der Waals surface area contributed by atoms with Crippen molar-refractivity contribution in [3.05, 3.63) is 42.1 Å². The number of nitrogens with two attached hydrogens (primary N) is 1. The van der Waals surface area contributed by atoms with Crippen molar-refractivity contribution >= 4 is 16.8 Å². The molecule has 94 valence electrons. The molecule has 0 saturated carbocycles. The van der Waals surface area contributed by atoms with Crippen LogP contribution in [0.25, 0.3) is 10.9 Å². The lowest BCUT2D eigenvalue weighted by Gasteiger charge is -2.07. The van der Waals surface area contributed by atoms with E-state index in [4.69, 9.17) is 5.73 Å². The highest BCUT2D eigenvalue weighted by molar-refractivity contribution is 5.97. The summed E-state index contributed by atoms with van der Waals surface area (Å²) < 4.78 is 0. The third kappa shape index (κ3) is 3.05. The topological polar surface area (TPSA) is 68.0 Å². The standard InChI is InChI=1S/C14H17N3O/c1-10(15)6-7-16-14(18)12-8-11-4-2-3-5-13(11)17-9-12/h2-5,8-10H,6-7,15H2,1H3,(H,16,18). The second-order valence-electron chi connectivity index (χ2n) is 4.44. The molecule has 0 radical (unpaired) electrons. The first-order valence-electron chi connectivity index (χ1n) is 6.05. The van der Waals surface area contributed by atoms with E-state index in [1.165, 1.54) is 0 Å². The van der Waals surface area contributed by atoms with Gasteiger partial charge in [0.1, 0.15) is 0 Å². The third-order valence-corrected chi connectivity index (χ3v) is 2.74. The van der Waals surface area contributed by atoms with Gasteiger partial charge in [-0.2, -0.15) is 0 Å². The number of nitrogens with one attached hydrogen (secondary N) is 1. The SMILES string of the molecule is CC(N)CCNC(=O)c1cnc2ccccc2c1. The highest BCUT2D eigenvalue weighted by Crippen LogP contribution is 2.12. The first-order valence-corrected chi connectivity index (χ1v) is 6.05. The lowest BCUT2D eigenvalue weighted by molar-refractivity contribution is 0.0952. The van der Waals surface area contributed by atoms with Crippen molar-refractivity contribution in [2.75, 3.05) is 6.54 Å². The van der Waals surface area contributed by atoms with Crippen LogP contribution in [0.2, 0.25) is 0 Å². The van der Waals surface area contributed by atoms with Crippen molar-refractivity contribution < 1.29 is 4.79 Å². The number of pyridine rings is 1. The first-order chi connectivity index (χ1) is 8.66. The van der Waals surface area contributed by atoms with Crippen LogP contribution in [0.1, 0.15) is 23.7 Å². The number of hydrogen-bond donors (Lipinski definition) is 2. The molecular formula is C14H17N3O. The summed E-state index contributed by atoms with van der Waals surface area (Å²) in [6.45, 7) is 2.51. The summed E-state index contributed by atoms with van der Waals surface area (Å²) >= 11 is 0. The molecule has 0 aliphatic heterocycles. The summed E-state index contributed by atoms with van der Waals surface area (Å²) in [5, 5.41) is 3.81. The second kappa shape index (κ2) is 5.60. The van der Waals surface area contributed by atoms with Gasteiger partial charge in [0.2, 0.25) is 0 Å². The van der Waals surface area contributed by atoms with Crippen molar-refractivity contribution in [1.82, 2.24) is 10.3 Å². The quantitative estimate of drug-likeness (QED) is 0.858. The largest absolute Gasteiger partial charge is 0.352 e. The van der Waals surface area contributed by atoms with E-state index in [0.29, 0.717) is 12.1 Å². The van der Waals surface area contributed by atoms with Crippen LogP contribution in [0.3, 0.4) is 0 Å². The van der Waals surface area contributed by atoms with Crippen molar-refractivity contribution in [2.24, 2.45) is 5.73 Å². The molecular weight excluding hydrogens is 226 g/mol. The number of hydrogen-bond acceptors (Lipinski definition) is 3. The minimum atomic E-state index is -0.103. The molecule has 4 heteroatoms. The molecule has 0 spiro atoms. The molecule has 1 aromatic carbocycles. The van der Waals surface area contributed by atoms with E-state index >= 15 is 0 Å². The van der Waals surface area contributed by atoms with Crippen molar-refractivity contribution in [3.8, 4) is 0 Å². The van der Waals surface area contributed by atoms with E-state index in [0.717, 1.165) is 17.3 Å². The van der Waals surface area contributed by atoms with Crippen LogP contribution in [-0.2, 0) is 0 Å². The van der Waals surface area contributed by atoms with E-state index < -0.39 is 0 Å². The van der Waals surface area contributed by atoms with Crippen LogP contribution >= 0.6 is 0 Å². The average Bonchev–Trinajstić information content (AvgIpc) is 2.37. The molecule has 1 amide bonds. The van der Waals surface area contributed by atoms with E-state index in [2.05, 4.69) is 10.3 Å². The Morgan fingerprint density at radius 3 is 3.00 bits per heavy atom. The molecule has 0 aliphatic carbocycles. The lowest BCUT2D eigenvalue weighted by Crippen LogP contribution is -2.29. The maximum Gasteiger partial charge on any atom is 0.252 e. The predicted octanol–water partition coefficient (Wildman–Crippen LogP) is 1.70. The summed E-state index contributed by atoms with van der Waals surface area (Å²) in [6.07, 6.45) is 2.37. The molecule has 2 rings (SSSR count). The Balaban J connectivity index is 2.08. The lowest BCUT2D eigenvalue weighted by atomic mass is 10.1. The summed E-state index contributed by atoms with van der Waals surface area (Å²) in [6, 6.07) is 9.68. The van der Waals surface area contributed by atoms with E-state index in [9.17, 15) is 4.79 Å². The van der Waals surface area contributed by atoms with Gasteiger partial charge in [-0.3, -0.25) is 9.78 Å². The Kier molecular flexibility index (Phi) is 3.89. The van der Waals surface area contributed by atoms with Gasteiger partial charge in [-0.1, -0.05) is 18.2 Å². The van der Waals surface area contributed by atoms with E-state index in [-0.39, 0.29) is 11.9 Å². The number of rotatable bonds is 4. The number of aromatic nitrogens is 1. The Bertz CT molecular complexity index is 551. The van der Waals surface area contributed by atoms with Gasteiger partial charge in [0, 0.05) is 24.2 Å². The number of fused-ring (bicyclic) bond motifs is 1. The zero-order valence-electron chi connectivity index (χ0n) is 10.4. The maximum absolute atomic E-state index is 11.9. The molecule has 4 nitrogen and oxygen atoms in total. The van der Waals surface area contributed by atoms with Crippen molar-refractivity contribution in [2.45, 2.75) is 19.4 Å². The minimum Gasteiger partial charge on any atom is -0.352 e. The summed E-state index contributed by atoms with van der Waals surface area (Å²) in [4.78, 5) is 16.1. The highest BCUT2D eigenvalue weighted by Gasteiger charge is 2.06. The molecule has 2 aromatic rings. The number of nitrogens with zero attached hydrogens (tertiary/aromatic N) is 1. The fraction of sp³-hybridized carbons (Fsp3) is 0.286. The fourth-order valence-corrected chi connectivity index (χ4v) is 1.71. The zero-order chi connectivity index (χ0) is 13.0. The smallest absolute Gasteiger partial charge is 0.252 e. The van der Waals surface area contributed by atoms with Crippen LogP contribution in [0.5, 0.6) is 0 Å². The molecule has 0 fully saturated rings. The summed E-state index contributed by atoms with van der Waals surface area (Å²) in [5.74, 6) is -0.103. The fourth-order valence-electron chi connectivity index (χ4n) is 1.71. The summed E-state index contributed by atoms with van der Waals surface area (Å²) in [5.41, 5.74) is 7.10. The molecule has 1 aromatic heterocycles. The number of para-hydroxylation sites is 1. The number of benzene rings is 1. The van der Waals surface area contributed by atoms with Crippen LogP contribution in [0, 0.1) is 0 Å². The highest BCUT2D eigenvalue weighted by atomic mass is 16.1. The van der Waals surface area contributed by atoms with Gasteiger partial charge in [-0.25, -0.2) is 0 Å². The first kappa shape index (κ1) is 12.5. The average molecular weight is 243 g/mol. The molecule has 1 atom stereocenters. The van der Waals surface area contributed by atoms with Gasteiger partial charge in [-0.05, 0) is 25.5 Å². The molecule has 1 unspecified atom stereocenters. The monoisotopic (exact) mass is 243 g/mol. The van der Waals surface area contributed by atoms with Crippen LogP contribution < -0.4 is 11.1 Å². The van der Waals surface area contributed by atoms with Crippen LogP contribution in [-0.4, -0.2) is 23.5 Å². The molecule has 3 N–H and O–H groups in total. The molecule has 1 heterocycles. The third-order valence-electron chi connectivity index (χ3n) is 2.74. The molecule has 18 heavy (non-hydrogen) atoms. The number of amides is 1. The molecule has 0 saturated heterocycles. The van der Waals surface area contributed by atoms with Crippen molar-refractivity contribution in [1.29, 1.82) is 0 Å². The van der Waals surface area contributed by atoms with E-state index in [1.807, 2.05) is 37.3 Å². The summed E-state index contributed by atoms with van der Waals surface area (Å²) in [7, 11) is 0. The zero-order valence-corrected chi connectivity index (χ0v) is 10.4. The van der Waals surface area contributed by atoms with Crippen LogP contribution in [0.15, 0.2) is 36.5 Å². The second-order valence-corrected chi connectivity index (χ2v) is 4.44. The number of carbonyl (C=O) groups excluding carboxylic acids is 1. The van der Waals surface area contributed by atoms with Crippen molar-refractivity contribution in [3.63, 3.8) is 0 Å². The maximum atomic E-state index is 11.9. The van der Waals surface area contributed by atoms with Gasteiger partial charge in [0.15, 0.2) is 0 Å². The molecule has 0 aliphatic rings. The Labute approximate surface area is 106 Å². The van der Waals surface area contributed by atoms with Gasteiger partial charge >= 0.3 is 0 Å². The van der Waals surface area contributed by atoms with Gasteiger partial charge in [-0.15, -0.1) is 0 Å². The Morgan fingerprint density at radius 2 is 2.22 bits per heavy atom. The van der Waals surface area contributed by atoms with Gasteiger partial charge in [0.05, 0.1) is 11.1 Å². The van der Waals surface area contributed by atoms with Crippen LogP contribution in [0.4, 0.5) is 0 Å². The van der Waals surface area contributed by atoms with Gasteiger partial charge in [0.25, 0.3) is 5.91 Å². The normalized spacial score (nSPS) is 12.3. The van der Waals surface area contributed by atoms with E-state index in [1.54, 1.807) is 6.20 Å². The number of carbonyl (C=O) groups is 1. The Hall–Kier alpha value is -1.94. The Morgan fingerprint density at radius 1 is 1.44 bits per heavy atom. The minimum absolute atomic E-state index is 0.0972.